The van der Waals surface area contributed by atoms with Crippen molar-refractivity contribution in [3.63, 3.8) is 0 Å². The molecule has 2 amide bonds. The van der Waals surface area contributed by atoms with Crippen LogP contribution in [0, 0.1) is 17.8 Å². The Labute approximate surface area is 234 Å². The molecule has 0 radical (unpaired) electrons. The summed E-state index contributed by atoms with van der Waals surface area (Å²) < 4.78 is 10.9. The maximum Gasteiger partial charge on any atom is 0.330 e. The molecule has 3 atom stereocenters. The number of allylic oxidation sites excluding steroid dienone is 4. The number of carbonyl (C=O) groups is 1. The number of nitrogens with zero attached hydrogens (tertiary/aromatic N) is 4. The van der Waals surface area contributed by atoms with Gasteiger partial charge in [-0.15, -0.1) is 0 Å². The van der Waals surface area contributed by atoms with Crippen molar-refractivity contribution in [1.29, 1.82) is 0 Å². The van der Waals surface area contributed by atoms with Gasteiger partial charge in [0.15, 0.2) is 0 Å². The van der Waals surface area contributed by atoms with E-state index < -0.39 is 0 Å². The molecule has 0 spiro atoms. The number of nitrogens with two attached hydrogens (primary N) is 1. The Morgan fingerprint density at radius 2 is 1.92 bits per heavy atom. The molecule has 1 aromatic carbocycles. The van der Waals surface area contributed by atoms with E-state index in [0.717, 1.165) is 37.7 Å². The van der Waals surface area contributed by atoms with E-state index in [4.69, 9.17) is 31.8 Å². The van der Waals surface area contributed by atoms with Crippen LogP contribution in [0.4, 0.5) is 22.2 Å². The average Bonchev–Trinajstić information content (AvgIpc) is 3.60. The lowest BCUT2D eigenvalue weighted by Gasteiger charge is -2.38. The number of nitrogens with one attached hydrogen (secondary N) is 1. The molecular formula is C29H35ClN6O3. The molecule has 0 saturated heterocycles. The van der Waals surface area contributed by atoms with Crippen molar-refractivity contribution >= 4 is 35.1 Å². The first-order valence-corrected chi connectivity index (χ1v) is 14.1. The van der Waals surface area contributed by atoms with Crippen LogP contribution in [0.3, 0.4) is 0 Å². The van der Waals surface area contributed by atoms with Gasteiger partial charge in [-0.25, -0.2) is 9.78 Å². The number of ether oxygens (including phenoxy) is 2. The summed E-state index contributed by atoms with van der Waals surface area (Å²) in [6, 6.07) is 3.39. The molecule has 39 heavy (non-hydrogen) atoms. The smallest absolute Gasteiger partial charge is 0.330 e. The number of urea groups is 1. The van der Waals surface area contributed by atoms with Crippen molar-refractivity contribution in [1.82, 2.24) is 9.97 Å². The number of hydrogen-bond donors (Lipinski definition) is 2. The summed E-state index contributed by atoms with van der Waals surface area (Å²) in [5.74, 6) is 3.63. The zero-order valence-electron chi connectivity index (χ0n) is 22.3. The number of methoxy groups -OCH3 is 2. The molecule has 3 N–H and O–H groups in total. The number of rotatable bonds is 8. The predicted molar refractivity (Wildman–Crippen MR) is 153 cm³/mol. The number of hydrogen-bond acceptors (Lipinski definition) is 7. The van der Waals surface area contributed by atoms with Crippen LogP contribution in [-0.2, 0) is 6.54 Å². The van der Waals surface area contributed by atoms with Crippen LogP contribution in [0.5, 0.6) is 11.5 Å². The fraction of sp³-hybridized carbons (Fsp3) is 0.483. The van der Waals surface area contributed by atoms with E-state index in [2.05, 4.69) is 34.6 Å². The molecule has 6 rings (SSSR count). The Balaban J connectivity index is 1.29. The van der Waals surface area contributed by atoms with Gasteiger partial charge in [-0.1, -0.05) is 35.9 Å². The lowest BCUT2D eigenvalue weighted by Crippen LogP contribution is -2.49. The third-order valence-corrected chi connectivity index (χ3v) is 8.73. The number of aromatic nitrogens is 2. The molecule has 206 valence electrons. The Morgan fingerprint density at radius 3 is 2.64 bits per heavy atom. The maximum absolute atomic E-state index is 13.9. The van der Waals surface area contributed by atoms with E-state index in [1.165, 1.54) is 0 Å². The Hall–Kier alpha value is -3.30. The van der Waals surface area contributed by atoms with E-state index in [-0.39, 0.29) is 24.7 Å². The van der Waals surface area contributed by atoms with Crippen LogP contribution in [0.25, 0.3) is 0 Å². The van der Waals surface area contributed by atoms with E-state index in [1.54, 1.807) is 36.2 Å². The van der Waals surface area contributed by atoms with Crippen molar-refractivity contribution in [2.24, 2.45) is 23.5 Å². The standard InChI is InChI=1S/C29H35ClN6O3/c1-38-21-12-24(26(30)25(13-21)39-2)35-16-20-14-32-28(34-27(20)36(29(35)37)15-17-7-8-17)33-23-11-19(9-10-22(23)31)18-5-3-4-6-18/h3-6,12-14,17-19,22-23H,7-11,15-16,31H2,1-2H3,(H,32,33,34). The molecule has 4 aliphatic rings. The molecular weight excluding hydrogens is 516 g/mol. The van der Waals surface area contributed by atoms with E-state index in [0.29, 0.717) is 58.3 Å². The van der Waals surface area contributed by atoms with Gasteiger partial charge in [-0.05, 0) is 49.9 Å². The van der Waals surface area contributed by atoms with Crippen LogP contribution >= 0.6 is 11.6 Å². The highest BCUT2D eigenvalue weighted by molar-refractivity contribution is 6.35. The zero-order valence-corrected chi connectivity index (χ0v) is 23.1. The van der Waals surface area contributed by atoms with Crippen molar-refractivity contribution in [3.8, 4) is 11.5 Å². The number of amides is 2. The number of carbonyl (C=O) groups excluding carboxylic acids is 1. The van der Waals surface area contributed by atoms with Gasteiger partial charge in [0, 0.05) is 42.5 Å². The van der Waals surface area contributed by atoms with Gasteiger partial charge in [-0.2, -0.15) is 4.98 Å². The highest BCUT2D eigenvalue weighted by atomic mass is 35.5. The largest absolute Gasteiger partial charge is 0.497 e. The first-order chi connectivity index (χ1) is 18.9. The van der Waals surface area contributed by atoms with Crippen LogP contribution < -0.4 is 30.3 Å². The average molecular weight is 551 g/mol. The highest BCUT2D eigenvalue weighted by Gasteiger charge is 2.38. The lowest BCUT2D eigenvalue weighted by molar-refractivity contribution is 0.249. The van der Waals surface area contributed by atoms with Crippen LogP contribution in [0.2, 0.25) is 5.02 Å². The number of anilines is 3. The number of fused-ring (bicyclic) bond motifs is 1. The van der Waals surface area contributed by atoms with Crippen LogP contribution in [0.1, 0.15) is 37.7 Å². The molecule has 9 nitrogen and oxygen atoms in total. The molecule has 1 aliphatic heterocycles. The number of halogens is 1. The molecule has 2 fully saturated rings. The second-order valence-electron chi connectivity index (χ2n) is 11.0. The molecule has 2 saturated carbocycles. The minimum atomic E-state index is -0.175. The third kappa shape index (κ3) is 5.17. The zero-order chi connectivity index (χ0) is 27.1. The van der Waals surface area contributed by atoms with Crippen LogP contribution in [-0.4, -0.2) is 48.8 Å². The van der Waals surface area contributed by atoms with E-state index >= 15 is 0 Å². The normalized spacial score (nSPS) is 24.7. The first kappa shape index (κ1) is 26.0. The van der Waals surface area contributed by atoms with Crippen molar-refractivity contribution in [2.75, 3.05) is 35.9 Å². The summed E-state index contributed by atoms with van der Waals surface area (Å²) in [7, 11) is 3.12. The second kappa shape index (κ2) is 10.7. The molecule has 2 aromatic rings. The minimum absolute atomic E-state index is 0.0279. The summed E-state index contributed by atoms with van der Waals surface area (Å²) >= 11 is 6.68. The number of benzene rings is 1. The summed E-state index contributed by atoms with van der Waals surface area (Å²) in [4.78, 5) is 26.9. The fourth-order valence-electron chi connectivity index (χ4n) is 5.89. The third-order valence-electron chi connectivity index (χ3n) is 8.35. The van der Waals surface area contributed by atoms with Gasteiger partial charge in [0.25, 0.3) is 0 Å². The summed E-state index contributed by atoms with van der Waals surface area (Å²) in [5, 5.41) is 3.87. The Kier molecular flexibility index (Phi) is 7.12. The van der Waals surface area contributed by atoms with E-state index in [1.807, 2.05) is 6.20 Å². The van der Waals surface area contributed by atoms with Gasteiger partial charge in [0.05, 0.1) is 26.5 Å². The lowest BCUT2D eigenvalue weighted by atomic mass is 9.76. The SMILES string of the molecule is COc1cc(OC)c(Cl)c(N2Cc3cnc(NC4CC(C5C=CC=C5)CCC4N)nc3N(CC3CC3)C2=O)c1. The summed E-state index contributed by atoms with van der Waals surface area (Å²) in [6.45, 7) is 0.889. The molecule has 1 aromatic heterocycles. The maximum atomic E-state index is 13.9. The van der Waals surface area contributed by atoms with Crippen LogP contribution in [0.15, 0.2) is 42.6 Å². The van der Waals surface area contributed by atoms with Gasteiger partial charge in [0.2, 0.25) is 5.95 Å². The quantitative estimate of drug-likeness (QED) is 0.468. The summed E-state index contributed by atoms with van der Waals surface area (Å²) in [5.41, 5.74) is 7.92. The molecule has 2 heterocycles. The Bertz CT molecular complexity index is 1300. The van der Waals surface area contributed by atoms with Crippen molar-refractivity contribution in [3.05, 3.63) is 53.2 Å². The van der Waals surface area contributed by atoms with Gasteiger partial charge in [-0.3, -0.25) is 9.80 Å². The molecule has 3 aliphatic carbocycles. The van der Waals surface area contributed by atoms with Gasteiger partial charge < -0.3 is 20.5 Å². The molecule has 10 heteroatoms. The Morgan fingerprint density at radius 1 is 1.13 bits per heavy atom. The highest BCUT2D eigenvalue weighted by Crippen LogP contribution is 2.43. The predicted octanol–water partition coefficient (Wildman–Crippen LogP) is 5.15. The molecule has 0 bridgehead atoms. The van der Waals surface area contributed by atoms with E-state index in [9.17, 15) is 4.79 Å². The monoisotopic (exact) mass is 550 g/mol. The second-order valence-corrected chi connectivity index (χ2v) is 11.3. The fourth-order valence-corrected chi connectivity index (χ4v) is 6.18. The molecule has 3 unspecified atom stereocenters. The van der Waals surface area contributed by atoms with Gasteiger partial charge in [0.1, 0.15) is 22.3 Å². The van der Waals surface area contributed by atoms with Crippen molar-refractivity contribution < 1.29 is 14.3 Å². The van der Waals surface area contributed by atoms with Crippen molar-refractivity contribution in [2.45, 2.75) is 50.7 Å². The van der Waals surface area contributed by atoms with Gasteiger partial charge >= 0.3 is 6.03 Å². The summed E-state index contributed by atoms with van der Waals surface area (Å²) in [6.07, 6.45) is 15.8. The topological polar surface area (TPSA) is 106 Å². The minimum Gasteiger partial charge on any atom is -0.497 e. The first-order valence-electron chi connectivity index (χ1n) is 13.7.